The third kappa shape index (κ3) is 4.53. The van der Waals surface area contributed by atoms with Crippen LogP contribution in [0.15, 0.2) is 161 Å². The quantitative estimate of drug-likeness (QED) is 0.200. The van der Waals surface area contributed by atoms with Crippen LogP contribution in [0.4, 0.5) is 0 Å². The maximum atomic E-state index is 14.6. The summed E-state index contributed by atoms with van der Waals surface area (Å²) in [5.41, 5.74) is 0.655. The highest BCUT2D eigenvalue weighted by atomic mass is 32.2. The van der Waals surface area contributed by atoms with Crippen molar-refractivity contribution in [2.24, 2.45) is 0 Å². The number of fused-ring (bicyclic) bond motifs is 2. The smallest absolute Gasteiger partial charge is 0.268 e. The average Bonchev–Trinajstić information content (AvgIpc) is 3.68. The summed E-state index contributed by atoms with van der Waals surface area (Å²) in [5.74, 6) is 0. The second kappa shape index (κ2) is 10.6. The summed E-state index contributed by atoms with van der Waals surface area (Å²) in [6.07, 6.45) is 0. The standard InChI is InChI=1S/C35H27N3O4S2/c39-43(40,29-18-6-2-7-19-29)37-35(28-16-4-1-5-17-28,33-24-26-14-10-12-22-31(26)36-33)34-25-27-15-11-13-23-32(27)38(34)44(41,42)30-20-8-3-9-21-30/h1-25,36-37H/t35-/m0/s1. The lowest BCUT2D eigenvalue weighted by Crippen LogP contribution is -2.49. The van der Waals surface area contributed by atoms with E-state index in [-0.39, 0.29) is 15.5 Å². The van der Waals surface area contributed by atoms with E-state index in [9.17, 15) is 16.8 Å². The van der Waals surface area contributed by atoms with Crippen LogP contribution in [0.2, 0.25) is 0 Å². The van der Waals surface area contributed by atoms with E-state index >= 15 is 0 Å². The molecule has 0 saturated heterocycles. The molecule has 0 bridgehead atoms. The number of rotatable bonds is 8. The minimum absolute atomic E-state index is 0.0463. The molecule has 0 radical (unpaired) electrons. The van der Waals surface area contributed by atoms with Gasteiger partial charge in [0.15, 0.2) is 0 Å². The first kappa shape index (κ1) is 27.8. The second-order valence-corrected chi connectivity index (χ2v) is 13.9. The lowest BCUT2D eigenvalue weighted by Gasteiger charge is -2.35. The Hall–Kier alpha value is -4.96. The number of nitrogens with zero attached hydrogens (tertiary/aromatic N) is 1. The number of hydrogen-bond acceptors (Lipinski definition) is 4. The van der Waals surface area contributed by atoms with E-state index in [1.807, 2.05) is 60.7 Å². The van der Waals surface area contributed by atoms with Gasteiger partial charge in [-0.15, -0.1) is 0 Å². The number of hydrogen-bond donors (Lipinski definition) is 2. The van der Waals surface area contributed by atoms with E-state index in [0.717, 1.165) is 10.9 Å². The Morgan fingerprint density at radius 3 is 1.77 bits per heavy atom. The molecule has 0 aliphatic carbocycles. The molecule has 7 rings (SSSR count). The van der Waals surface area contributed by atoms with Crippen molar-refractivity contribution in [3.63, 3.8) is 0 Å². The zero-order valence-corrected chi connectivity index (χ0v) is 25.0. The maximum absolute atomic E-state index is 14.6. The van der Waals surface area contributed by atoms with Gasteiger partial charge in [-0.3, -0.25) is 0 Å². The summed E-state index contributed by atoms with van der Waals surface area (Å²) in [6, 6.07) is 43.7. The summed E-state index contributed by atoms with van der Waals surface area (Å²) in [4.78, 5) is 3.56. The predicted molar refractivity (Wildman–Crippen MR) is 172 cm³/mol. The van der Waals surface area contributed by atoms with E-state index in [1.165, 1.54) is 28.2 Å². The van der Waals surface area contributed by atoms with E-state index in [4.69, 9.17) is 0 Å². The Labute approximate surface area is 255 Å². The average molecular weight is 618 g/mol. The van der Waals surface area contributed by atoms with Crippen molar-refractivity contribution in [2.45, 2.75) is 15.3 Å². The fraction of sp³-hybridized carbons (Fsp3) is 0.0286. The van der Waals surface area contributed by atoms with Crippen LogP contribution in [0.1, 0.15) is 17.0 Å². The molecule has 5 aromatic carbocycles. The predicted octanol–water partition coefficient (Wildman–Crippen LogP) is 6.63. The van der Waals surface area contributed by atoms with Crippen LogP contribution in [-0.2, 0) is 25.6 Å². The number of aromatic amines is 1. The molecule has 7 aromatic rings. The van der Waals surface area contributed by atoms with Gasteiger partial charge < -0.3 is 4.98 Å². The highest BCUT2D eigenvalue weighted by molar-refractivity contribution is 7.90. The third-order valence-electron chi connectivity index (χ3n) is 7.81. The molecular formula is C35H27N3O4S2. The Balaban J connectivity index is 1.65. The molecule has 2 aromatic heterocycles. The number of nitrogens with one attached hydrogen (secondary N) is 2. The zero-order chi connectivity index (χ0) is 30.4. The first-order valence-electron chi connectivity index (χ1n) is 14.0. The second-order valence-electron chi connectivity index (χ2n) is 10.5. The van der Waals surface area contributed by atoms with Crippen molar-refractivity contribution in [1.82, 2.24) is 13.7 Å². The number of aromatic nitrogens is 2. The Morgan fingerprint density at radius 2 is 1.11 bits per heavy atom. The van der Waals surface area contributed by atoms with E-state index < -0.39 is 25.6 Å². The van der Waals surface area contributed by atoms with Gasteiger partial charge in [-0.1, -0.05) is 103 Å². The maximum Gasteiger partial charge on any atom is 0.268 e. The molecule has 2 heterocycles. The molecule has 0 amide bonds. The van der Waals surface area contributed by atoms with Crippen LogP contribution < -0.4 is 4.72 Å². The highest BCUT2D eigenvalue weighted by Crippen LogP contribution is 2.43. The fourth-order valence-electron chi connectivity index (χ4n) is 5.78. The van der Waals surface area contributed by atoms with Crippen LogP contribution in [0.25, 0.3) is 21.8 Å². The Kier molecular flexibility index (Phi) is 6.73. The summed E-state index contributed by atoms with van der Waals surface area (Å²) >= 11 is 0. The lowest BCUT2D eigenvalue weighted by atomic mass is 9.84. The van der Waals surface area contributed by atoms with Crippen molar-refractivity contribution < 1.29 is 16.8 Å². The van der Waals surface area contributed by atoms with Gasteiger partial charge in [0.2, 0.25) is 10.0 Å². The SMILES string of the molecule is O=S(=O)(N[C@@](c1ccccc1)(c1cc2ccccc2[nH]1)c1cc2ccccc2n1S(=O)(=O)c1ccccc1)c1ccccc1. The molecule has 1 atom stereocenters. The molecule has 0 aliphatic heterocycles. The monoisotopic (exact) mass is 617 g/mol. The molecule has 44 heavy (non-hydrogen) atoms. The van der Waals surface area contributed by atoms with E-state index in [2.05, 4.69) is 9.71 Å². The van der Waals surface area contributed by atoms with Crippen LogP contribution in [-0.4, -0.2) is 25.8 Å². The van der Waals surface area contributed by atoms with Gasteiger partial charge in [-0.2, -0.15) is 4.72 Å². The van der Waals surface area contributed by atoms with Crippen molar-refractivity contribution in [1.29, 1.82) is 0 Å². The van der Waals surface area contributed by atoms with Gasteiger partial charge in [0.05, 0.1) is 21.0 Å². The zero-order valence-electron chi connectivity index (χ0n) is 23.3. The molecule has 2 N–H and O–H groups in total. The minimum Gasteiger partial charge on any atom is -0.356 e. The Bertz CT molecular complexity index is 2300. The van der Waals surface area contributed by atoms with Crippen molar-refractivity contribution in [3.05, 3.63) is 169 Å². The topological polar surface area (TPSA) is 101 Å². The summed E-state index contributed by atoms with van der Waals surface area (Å²) in [7, 11) is -8.48. The van der Waals surface area contributed by atoms with Crippen LogP contribution >= 0.6 is 0 Å². The Morgan fingerprint density at radius 1 is 0.568 bits per heavy atom. The first-order valence-corrected chi connectivity index (χ1v) is 16.9. The normalized spacial score (nSPS) is 13.6. The molecule has 7 nitrogen and oxygen atoms in total. The van der Waals surface area contributed by atoms with E-state index in [1.54, 1.807) is 66.7 Å². The number of benzene rings is 5. The van der Waals surface area contributed by atoms with Gasteiger partial charge in [0, 0.05) is 16.6 Å². The molecule has 0 saturated carbocycles. The molecule has 0 fully saturated rings. The van der Waals surface area contributed by atoms with Gasteiger partial charge in [-0.05, 0) is 59.5 Å². The van der Waals surface area contributed by atoms with Gasteiger partial charge in [0.25, 0.3) is 10.0 Å². The van der Waals surface area contributed by atoms with Crippen LogP contribution in [0.5, 0.6) is 0 Å². The van der Waals surface area contributed by atoms with Crippen molar-refractivity contribution in [3.8, 4) is 0 Å². The van der Waals surface area contributed by atoms with E-state index in [0.29, 0.717) is 22.2 Å². The van der Waals surface area contributed by atoms with Crippen LogP contribution in [0.3, 0.4) is 0 Å². The lowest BCUT2D eigenvalue weighted by molar-refractivity contribution is 0.505. The summed E-state index contributed by atoms with van der Waals surface area (Å²) in [5, 5.41) is 1.48. The summed E-state index contributed by atoms with van der Waals surface area (Å²) < 4.78 is 62.2. The van der Waals surface area contributed by atoms with Gasteiger partial charge in [-0.25, -0.2) is 20.8 Å². The first-order chi connectivity index (χ1) is 21.3. The highest BCUT2D eigenvalue weighted by Gasteiger charge is 2.46. The molecule has 218 valence electrons. The molecule has 0 spiro atoms. The summed E-state index contributed by atoms with van der Waals surface area (Å²) in [6.45, 7) is 0. The van der Waals surface area contributed by atoms with Crippen LogP contribution in [0, 0.1) is 0 Å². The molecule has 9 heteroatoms. The third-order valence-corrected chi connectivity index (χ3v) is 11.0. The van der Waals surface area contributed by atoms with Gasteiger partial charge >= 0.3 is 0 Å². The number of sulfonamides is 1. The van der Waals surface area contributed by atoms with Gasteiger partial charge in [0.1, 0.15) is 5.54 Å². The fourth-order valence-corrected chi connectivity index (χ4v) is 8.73. The minimum atomic E-state index is -4.24. The van der Waals surface area contributed by atoms with Crippen molar-refractivity contribution in [2.75, 3.05) is 0 Å². The number of H-pyrrole nitrogens is 1. The molecule has 0 aliphatic rings. The van der Waals surface area contributed by atoms with Crippen molar-refractivity contribution >= 4 is 41.9 Å². The largest absolute Gasteiger partial charge is 0.356 e. The molecular weight excluding hydrogens is 591 g/mol. The number of para-hydroxylation sites is 2. The molecule has 0 unspecified atom stereocenters.